The number of ether oxygens (including phenoxy) is 1. The van der Waals surface area contributed by atoms with Crippen LogP contribution in [0.5, 0.6) is 0 Å². The second-order valence-electron chi connectivity index (χ2n) is 5.39. The Hall–Kier alpha value is -0.833. The average molecular weight is 240 g/mol. The van der Waals surface area contributed by atoms with E-state index >= 15 is 0 Å². The summed E-state index contributed by atoms with van der Waals surface area (Å²) in [5.74, 6) is -0.164. The highest BCUT2D eigenvalue weighted by atomic mass is 28.3. The molecule has 0 aromatic heterocycles. The monoisotopic (exact) mass is 240 g/mol. The molecule has 3 heteroatoms. The van der Waals surface area contributed by atoms with Gasteiger partial charge < -0.3 is 4.74 Å². The van der Waals surface area contributed by atoms with E-state index in [0.29, 0.717) is 6.61 Å². The van der Waals surface area contributed by atoms with Gasteiger partial charge in [-0.05, 0) is 26.8 Å². The molecule has 0 amide bonds. The third kappa shape index (κ3) is 7.46. The number of esters is 1. The van der Waals surface area contributed by atoms with Crippen LogP contribution < -0.4 is 0 Å². The molecular weight excluding hydrogens is 216 g/mol. The lowest BCUT2D eigenvalue weighted by Gasteiger charge is -2.17. The van der Waals surface area contributed by atoms with Crippen molar-refractivity contribution < 1.29 is 9.53 Å². The molecule has 0 atom stereocenters. The minimum atomic E-state index is -1.28. The van der Waals surface area contributed by atoms with Crippen molar-refractivity contribution in [2.45, 2.75) is 46.5 Å². The number of allylic oxidation sites excluding steroid dienone is 3. The maximum Gasteiger partial charge on any atom is 0.333 e. The average Bonchev–Trinajstić information content (AvgIpc) is 2.10. The molecule has 0 rings (SSSR count). The maximum absolute atomic E-state index is 11.7. The fourth-order valence-corrected chi connectivity index (χ4v) is 2.67. The Kier molecular flexibility index (Phi) is 6.34. The van der Waals surface area contributed by atoms with Gasteiger partial charge in [-0.2, -0.15) is 0 Å². The van der Waals surface area contributed by atoms with Crippen LogP contribution in [0.25, 0.3) is 0 Å². The molecular formula is C13H24O2Si. The van der Waals surface area contributed by atoms with Crippen LogP contribution in [0, 0.1) is 0 Å². The van der Waals surface area contributed by atoms with E-state index in [2.05, 4.69) is 19.6 Å². The van der Waals surface area contributed by atoms with Crippen LogP contribution in [0.15, 0.2) is 23.3 Å². The molecule has 0 spiro atoms. The van der Waals surface area contributed by atoms with E-state index in [1.165, 1.54) is 5.57 Å². The minimum Gasteiger partial charge on any atom is -0.463 e. The van der Waals surface area contributed by atoms with Gasteiger partial charge in [0.1, 0.15) is 0 Å². The summed E-state index contributed by atoms with van der Waals surface area (Å²) in [5.41, 5.74) is 2.00. The first-order valence-electron chi connectivity index (χ1n) is 5.77. The smallest absolute Gasteiger partial charge is 0.333 e. The second kappa shape index (κ2) is 6.69. The zero-order valence-corrected chi connectivity index (χ0v) is 12.4. The predicted molar refractivity (Wildman–Crippen MR) is 72.3 cm³/mol. The molecule has 0 fully saturated rings. The number of hydrogen-bond acceptors (Lipinski definition) is 2. The summed E-state index contributed by atoms with van der Waals surface area (Å²) >= 11 is 0. The summed E-state index contributed by atoms with van der Waals surface area (Å²) in [6.45, 7) is 13.1. The first-order chi connectivity index (χ1) is 7.26. The lowest BCUT2D eigenvalue weighted by atomic mass is 10.2. The van der Waals surface area contributed by atoms with E-state index in [4.69, 9.17) is 4.74 Å². The van der Waals surface area contributed by atoms with Crippen LogP contribution >= 0.6 is 0 Å². The van der Waals surface area contributed by atoms with Gasteiger partial charge >= 0.3 is 5.97 Å². The topological polar surface area (TPSA) is 26.3 Å². The lowest BCUT2D eigenvalue weighted by molar-refractivity contribution is -0.138. The molecule has 0 unspecified atom stereocenters. The third-order valence-corrected chi connectivity index (χ3v) is 3.32. The molecule has 0 aliphatic heterocycles. The van der Waals surface area contributed by atoms with Crippen LogP contribution in [0.4, 0.5) is 0 Å². The van der Waals surface area contributed by atoms with Gasteiger partial charge in [0.2, 0.25) is 0 Å². The summed E-state index contributed by atoms with van der Waals surface area (Å²) in [6.07, 6.45) is 3.89. The first kappa shape index (κ1) is 15.2. The van der Waals surface area contributed by atoms with E-state index in [9.17, 15) is 4.79 Å². The fourth-order valence-electron chi connectivity index (χ4n) is 1.26. The zero-order valence-electron chi connectivity index (χ0n) is 11.4. The van der Waals surface area contributed by atoms with Crippen molar-refractivity contribution in [3.63, 3.8) is 0 Å². The van der Waals surface area contributed by atoms with Gasteiger partial charge in [0.05, 0.1) is 6.61 Å². The van der Waals surface area contributed by atoms with Crippen LogP contribution in [0.2, 0.25) is 25.7 Å². The van der Waals surface area contributed by atoms with Crippen LogP contribution in [-0.4, -0.2) is 20.7 Å². The van der Waals surface area contributed by atoms with E-state index in [-0.39, 0.29) is 5.97 Å². The number of carbonyl (C=O) groups is 1. The lowest BCUT2D eigenvalue weighted by Crippen LogP contribution is -2.23. The number of rotatable bonds is 5. The Bertz CT molecular complexity index is 292. The maximum atomic E-state index is 11.7. The van der Waals surface area contributed by atoms with Crippen molar-refractivity contribution in [1.29, 1.82) is 0 Å². The van der Waals surface area contributed by atoms with Gasteiger partial charge in [0, 0.05) is 13.6 Å². The molecule has 0 aliphatic carbocycles. The Morgan fingerprint density at radius 1 is 1.19 bits per heavy atom. The quantitative estimate of drug-likeness (QED) is 0.316. The standard InChI is InChI=1S/C13H24O2Si/c1-7-15-13(14)12(9-8-11(2)3)10-16(4,5)6/h8-9H,7,10H2,1-6H3/b12-9+. The minimum absolute atomic E-state index is 0.164. The normalized spacial score (nSPS) is 12.2. The molecule has 16 heavy (non-hydrogen) atoms. The van der Waals surface area contributed by atoms with Gasteiger partial charge in [0.15, 0.2) is 0 Å². The van der Waals surface area contributed by atoms with Crippen LogP contribution in [-0.2, 0) is 9.53 Å². The Labute approximate surface area is 100 Å². The predicted octanol–water partition coefficient (Wildman–Crippen LogP) is 3.78. The molecule has 0 radical (unpaired) electrons. The molecule has 0 aliphatic rings. The Morgan fingerprint density at radius 3 is 2.12 bits per heavy atom. The molecule has 92 valence electrons. The van der Waals surface area contributed by atoms with Gasteiger partial charge in [-0.15, -0.1) is 0 Å². The summed E-state index contributed by atoms with van der Waals surface area (Å²) in [4.78, 5) is 11.7. The molecule has 0 heterocycles. The van der Waals surface area contributed by atoms with Gasteiger partial charge in [-0.3, -0.25) is 0 Å². The number of hydrogen-bond donors (Lipinski definition) is 0. The fraction of sp³-hybridized carbons (Fsp3) is 0.615. The van der Waals surface area contributed by atoms with Crippen molar-refractivity contribution in [2.75, 3.05) is 6.61 Å². The summed E-state index contributed by atoms with van der Waals surface area (Å²) < 4.78 is 5.07. The zero-order chi connectivity index (χ0) is 12.8. The highest BCUT2D eigenvalue weighted by molar-refractivity contribution is 6.77. The van der Waals surface area contributed by atoms with Crippen LogP contribution in [0.1, 0.15) is 20.8 Å². The van der Waals surface area contributed by atoms with Gasteiger partial charge in [-0.25, -0.2) is 4.79 Å². The van der Waals surface area contributed by atoms with Crippen LogP contribution in [0.3, 0.4) is 0 Å². The molecule has 0 aromatic rings. The van der Waals surface area contributed by atoms with E-state index in [0.717, 1.165) is 11.6 Å². The van der Waals surface area contributed by atoms with Crippen molar-refractivity contribution >= 4 is 14.0 Å². The highest BCUT2D eigenvalue weighted by Gasteiger charge is 2.20. The Morgan fingerprint density at radius 2 is 1.75 bits per heavy atom. The van der Waals surface area contributed by atoms with E-state index in [1.54, 1.807) is 0 Å². The first-order valence-corrected chi connectivity index (χ1v) is 9.48. The number of carbonyl (C=O) groups excluding carboxylic acids is 1. The second-order valence-corrected chi connectivity index (χ2v) is 10.9. The Balaban J connectivity index is 4.84. The molecule has 0 bridgehead atoms. The van der Waals surface area contributed by atoms with Gasteiger partial charge in [0.25, 0.3) is 0 Å². The third-order valence-electron chi connectivity index (χ3n) is 1.88. The van der Waals surface area contributed by atoms with E-state index < -0.39 is 8.07 Å². The summed E-state index contributed by atoms with van der Waals surface area (Å²) in [5, 5.41) is 0. The molecule has 0 aromatic carbocycles. The molecule has 0 saturated carbocycles. The summed E-state index contributed by atoms with van der Waals surface area (Å²) in [6, 6.07) is 0.871. The molecule has 2 nitrogen and oxygen atoms in total. The summed E-state index contributed by atoms with van der Waals surface area (Å²) in [7, 11) is -1.28. The van der Waals surface area contributed by atoms with Crippen molar-refractivity contribution in [2.24, 2.45) is 0 Å². The van der Waals surface area contributed by atoms with Crippen molar-refractivity contribution in [3.8, 4) is 0 Å². The SMILES string of the molecule is CCOC(=O)/C(=C/C=C(C)C)C[Si](C)(C)C. The molecule has 0 saturated heterocycles. The van der Waals surface area contributed by atoms with Crippen molar-refractivity contribution in [3.05, 3.63) is 23.3 Å². The largest absolute Gasteiger partial charge is 0.463 e. The van der Waals surface area contributed by atoms with E-state index in [1.807, 2.05) is 32.9 Å². The molecule has 0 N–H and O–H groups in total. The van der Waals surface area contributed by atoms with Gasteiger partial charge in [-0.1, -0.05) is 37.4 Å². The highest BCUT2D eigenvalue weighted by Crippen LogP contribution is 2.18. The van der Waals surface area contributed by atoms with Crippen molar-refractivity contribution in [1.82, 2.24) is 0 Å².